The first-order valence-electron chi connectivity index (χ1n) is 8.82. The minimum atomic E-state index is -0.335. The molecule has 6 nitrogen and oxygen atoms in total. The lowest BCUT2D eigenvalue weighted by atomic mass is 10.2. The number of amides is 2. The largest absolute Gasteiger partial charge is 0.484 e. The predicted octanol–water partition coefficient (Wildman–Crippen LogP) is 5.11. The average Bonchev–Trinajstić information content (AvgIpc) is 2.70. The summed E-state index contributed by atoms with van der Waals surface area (Å²) in [7, 11) is 0. The molecule has 0 unspecified atom stereocenters. The van der Waals surface area contributed by atoms with E-state index >= 15 is 0 Å². The zero-order valence-electron chi connectivity index (χ0n) is 15.6. The molecular formula is C22H19ClN2O4. The molecule has 0 aromatic heterocycles. The molecule has 0 saturated heterocycles. The minimum Gasteiger partial charge on any atom is -0.484 e. The fourth-order valence-electron chi connectivity index (χ4n) is 2.46. The van der Waals surface area contributed by atoms with Crippen LogP contribution in [0.2, 0.25) is 5.02 Å². The van der Waals surface area contributed by atoms with Crippen molar-refractivity contribution in [1.82, 2.24) is 0 Å². The maximum Gasteiger partial charge on any atom is 0.262 e. The Labute approximate surface area is 173 Å². The van der Waals surface area contributed by atoms with Gasteiger partial charge in [-0.25, -0.2) is 0 Å². The van der Waals surface area contributed by atoms with Crippen molar-refractivity contribution in [3.63, 3.8) is 0 Å². The van der Waals surface area contributed by atoms with E-state index in [-0.39, 0.29) is 18.4 Å². The monoisotopic (exact) mass is 410 g/mol. The van der Waals surface area contributed by atoms with Crippen LogP contribution in [0.5, 0.6) is 17.2 Å². The van der Waals surface area contributed by atoms with Gasteiger partial charge in [-0.2, -0.15) is 0 Å². The number of hydrogen-bond donors (Lipinski definition) is 2. The lowest BCUT2D eigenvalue weighted by molar-refractivity contribution is -0.118. The van der Waals surface area contributed by atoms with Crippen molar-refractivity contribution < 1.29 is 19.1 Å². The zero-order valence-corrected chi connectivity index (χ0v) is 16.4. The molecular weight excluding hydrogens is 392 g/mol. The molecule has 0 heterocycles. The lowest BCUT2D eigenvalue weighted by Crippen LogP contribution is -2.20. The van der Waals surface area contributed by atoms with E-state index in [0.717, 1.165) is 5.75 Å². The van der Waals surface area contributed by atoms with Crippen LogP contribution in [0.15, 0.2) is 72.8 Å². The van der Waals surface area contributed by atoms with Crippen LogP contribution in [-0.4, -0.2) is 18.4 Å². The molecule has 0 aliphatic carbocycles. The van der Waals surface area contributed by atoms with Gasteiger partial charge in [-0.1, -0.05) is 29.8 Å². The van der Waals surface area contributed by atoms with Crippen LogP contribution in [0.25, 0.3) is 0 Å². The second-order valence-corrected chi connectivity index (χ2v) is 6.51. The van der Waals surface area contributed by atoms with Gasteiger partial charge in [0, 0.05) is 12.6 Å². The maximum absolute atomic E-state index is 12.1. The van der Waals surface area contributed by atoms with Gasteiger partial charge in [0.1, 0.15) is 17.2 Å². The Morgan fingerprint density at radius 1 is 0.862 bits per heavy atom. The van der Waals surface area contributed by atoms with Crippen LogP contribution in [0.3, 0.4) is 0 Å². The summed E-state index contributed by atoms with van der Waals surface area (Å²) in [5.41, 5.74) is 0.982. The van der Waals surface area contributed by atoms with Crippen molar-refractivity contribution in [3.05, 3.63) is 77.8 Å². The van der Waals surface area contributed by atoms with E-state index in [9.17, 15) is 9.59 Å². The fourth-order valence-corrected chi connectivity index (χ4v) is 2.69. The summed E-state index contributed by atoms with van der Waals surface area (Å²) in [5, 5.41) is 5.62. The number of para-hydroxylation sites is 1. The van der Waals surface area contributed by atoms with E-state index in [4.69, 9.17) is 21.1 Å². The highest BCUT2D eigenvalue weighted by Crippen LogP contribution is 2.26. The molecule has 148 valence electrons. The number of rotatable bonds is 7. The van der Waals surface area contributed by atoms with Crippen molar-refractivity contribution in [2.45, 2.75) is 6.92 Å². The highest BCUT2D eigenvalue weighted by atomic mass is 35.5. The minimum absolute atomic E-state index is 0.163. The number of ether oxygens (including phenoxy) is 2. The highest BCUT2D eigenvalue weighted by Gasteiger charge is 2.08. The van der Waals surface area contributed by atoms with Crippen molar-refractivity contribution in [2.24, 2.45) is 0 Å². The van der Waals surface area contributed by atoms with Crippen LogP contribution in [0.1, 0.15) is 6.92 Å². The van der Waals surface area contributed by atoms with E-state index in [1.54, 1.807) is 42.5 Å². The van der Waals surface area contributed by atoms with E-state index in [1.807, 2.05) is 30.3 Å². The Kier molecular flexibility index (Phi) is 6.71. The number of carbonyl (C=O) groups is 2. The van der Waals surface area contributed by atoms with Gasteiger partial charge in [-0.3, -0.25) is 9.59 Å². The third-order valence-corrected chi connectivity index (χ3v) is 4.05. The number of hydrogen-bond acceptors (Lipinski definition) is 4. The van der Waals surface area contributed by atoms with Gasteiger partial charge in [-0.05, 0) is 54.6 Å². The van der Waals surface area contributed by atoms with Crippen LogP contribution in [-0.2, 0) is 9.59 Å². The van der Waals surface area contributed by atoms with Gasteiger partial charge >= 0.3 is 0 Å². The van der Waals surface area contributed by atoms with Crippen LogP contribution in [0, 0.1) is 0 Å². The van der Waals surface area contributed by atoms with Crippen molar-refractivity contribution >= 4 is 34.8 Å². The van der Waals surface area contributed by atoms with Gasteiger partial charge in [0.2, 0.25) is 5.91 Å². The molecule has 0 aliphatic rings. The van der Waals surface area contributed by atoms with Crippen molar-refractivity contribution in [2.75, 3.05) is 17.2 Å². The van der Waals surface area contributed by atoms with Crippen LogP contribution >= 0.6 is 11.6 Å². The highest BCUT2D eigenvalue weighted by molar-refractivity contribution is 6.34. The molecule has 0 aliphatic heterocycles. The van der Waals surface area contributed by atoms with Crippen LogP contribution < -0.4 is 20.1 Å². The number of benzene rings is 3. The molecule has 0 bridgehead atoms. The molecule has 3 rings (SSSR count). The smallest absolute Gasteiger partial charge is 0.262 e. The molecule has 0 spiro atoms. The third-order valence-electron chi connectivity index (χ3n) is 3.74. The average molecular weight is 411 g/mol. The lowest BCUT2D eigenvalue weighted by Gasteiger charge is -2.10. The first-order valence-corrected chi connectivity index (χ1v) is 9.20. The first-order chi connectivity index (χ1) is 14.0. The first kappa shape index (κ1) is 20.2. The normalized spacial score (nSPS) is 10.1. The Hall–Kier alpha value is -3.51. The van der Waals surface area contributed by atoms with E-state index < -0.39 is 0 Å². The van der Waals surface area contributed by atoms with E-state index in [2.05, 4.69) is 10.6 Å². The standard InChI is InChI=1S/C22H19ClN2O4/c1-15(26)24-21-12-7-16(13-20(21)23)25-22(27)14-28-17-8-10-19(11-9-17)29-18-5-3-2-4-6-18/h2-13H,14H2,1H3,(H,24,26)(H,25,27). The summed E-state index contributed by atoms with van der Waals surface area (Å²) in [6.07, 6.45) is 0. The maximum atomic E-state index is 12.1. The third kappa shape index (κ3) is 6.26. The van der Waals surface area contributed by atoms with Gasteiger partial charge in [0.05, 0.1) is 10.7 Å². The molecule has 3 aromatic carbocycles. The van der Waals surface area contributed by atoms with Crippen molar-refractivity contribution in [1.29, 1.82) is 0 Å². The summed E-state index contributed by atoms with van der Waals surface area (Å²) in [6.45, 7) is 1.23. The topological polar surface area (TPSA) is 76.7 Å². The Morgan fingerprint density at radius 3 is 2.17 bits per heavy atom. The summed E-state index contributed by atoms with van der Waals surface area (Å²) in [5.74, 6) is 1.39. The summed E-state index contributed by atoms with van der Waals surface area (Å²) in [4.78, 5) is 23.2. The Morgan fingerprint density at radius 2 is 1.52 bits per heavy atom. The summed E-state index contributed by atoms with van der Waals surface area (Å²) < 4.78 is 11.2. The number of anilines is 2. The van der Waals surface area contributed by atoms with Gasteiger partial charge in [-0.15, -0.1) is 0 Å². The quantitative estimate of drug-likeness (QED) is 0.567. The number of halogens is 1. The Balaban J connectivity index is 1.50. The van der Waals surface area contributed by atoms with E-state index in [1.165, 1.54) is 6.92 Å². The molecule has 7 heteroatoms. The summed E-state index contributed by atoms with van der Waals surface area (Å²) in [6, 6.07) is 21.2. The second kappa shape index (κ2) is 9.61. The summed E-state index contributed by atoms with van der Waals surface area (Å²) >= 11 is 6.09. The second-order valence-electron chi connectivity index (χ2n) is 6.10. The molecule has 0 atom stereocenters. The number of carbonyl (C=O) groups excluding carboxylic acids is 2. The SMILES string of the molecule is CC(=O)Nc1ccc(NC(=O)COc2ccc(Oc3ccccc3)cc2)cc1Cl. The molecule has 0 fully saturated rings. The zero-order chi connectivity index (χ0) is 20.6. The van der Waals surface area contributed by atoms with Gasteiger partial charge in [0.15, 0.2) is 6.61 Å². The molecule has 2 N–H and O–H groups in total. The van der Waals surface area contributed by atoms with Gasteiger partial charge in [0.25, 0.3) is 5.91 Å². The van der Waals surface area contributed by atoms with Gasteiger partial charge < -0.3 is 20.1 Å². The van der Waals surface area contributed by atoms with Crippen LogP contribution in [0.4, 0.5) is 11.4 Å². The molecule has 3 aromatic rings. The van der Waals surface area contributed by atoms with Crippen molar-refractivity contribution in [3.8, 4) is 17.2 Å². The molecule has 0 saturated carbocycles. The number of nitrogens with one attached hydrogen (secondary N) is 2. The molecule has 29 heavy (non-hydrogen) atoms. The predicted molar refractivity (Wildman–Crippen MR) is 113 cm³/mol. The molecule has 2 amide bonds. The van der Waals surface area contributed by atoms with E-state index in [0.29, 0.717) is 27.9 Å². The fraction of sp³-hybridized carbons (Fsp3) is 0.0909. The molecule has 0 radical (unpaired) electrons. The Bertz CT molecular complexity index is 991.